The van der Waals surface area contributed by atoms with Gasteiger partial charge in [-0.2, -0.15) is 0 Å². The molecule has 0 aliphatic rings. The van der Waals surface area contributed by atoms with Crippen LogP contribution in [-0.2, 0) is 11.3 Å². The van der Waals surface area contributed by atoms with Gasteiger partial charge in [0, 0.05) is 11.1 Å². The molecule has 1 atom stereocenters. The van der Waals surface area contributed by atoms with Gasteiger partial charge in [-0.15, -0.1) is 11.3 Å². The SMILES string of the molecule is Cc1ncc(CNC(=O)N[C@H](C(=O)O)C(C)C)s1. The number of aliphatic carboxylic acids is 1. The van der Waals surface area contributed by atoms with E-state index in [4.69, 9.17) is 5.11 Å². The summed E-state index contributed by atoms with van der Waals surface area (Å²) in [6, 6.07) is -1.37. The number of thiazole rings is 1. The molecule has 1 aromatic rings. The fourth-order valence-electron chi connectivity index (χ4n) is 1.36. The Kier molecular flexibility index (Phi) is 5.08. The molecule has 1 heterocycles. The van der Waals surface area contributed by atoms with Crippen molar-refractivity contribution >= 4 is 23.3 Å². The highest BCUT2D eigenvalue weighted by atomic mass is 32.1. The molecule has 18 heavy (non-hydrogen) atoms. The molecule has 6 nitrogen and oxygen atoms in total. The van der Waals surface area contributed by atoms with E-state index in [1.54, 1.807) is 20.0 Å². The normalized spacial score (nSPS) is 12.2. The Hall–Kier alpha value is -1.63. The first-order valence-electron chi connectivity index (χ1n) is 5.58. The van der Waals surface area contributed by atoms with Crippen LogP contribution in [0.3, 0.4) is 0 Å². The van der Waals surface area contributed by atoms with E-state index in [-0.39, 0.29) is 5.92 Å². The van der Waals surface area contributed by atoms with Gasteiger partial charge in [0.2, 0.25) is 0 Å². The fraction of sp³-hybridized carbons (Fsp3) is 0.545. The van der Waals surface area contributed by atoms with Crippen molar-refractivity contribution < 1.29 is 14.7 Å². The van der Waals surface area contributed by atoms with Crippen molar-refractivity contribution in [3.8, 4) is 0 Å². The third kappa shape index (κ3) is 4.33. The molecule has 1 rings (SSSR count). The summed E-state index contributed by atoms with van der Waals surface area (Å²) in [6.45, 7) is 5.71. The highest BCUT2D eigenvalue weighted by Gasteiger charge is 2.23. The number of amides is 2. The molecule has 0 aliphatic heterocycles. The summed E-state index contributed by atoms with van der Waals surface area (Å²) in [7, 11) is 0. The minimum atomic E-state index is -1.03. The number of carboxylic acid groups (broad SMARTS) is 1. The molecule has 2 amide bonds. The Morgan fingerprint density at radius 1 is 1.50 bits per heavy atom. The van der Waals surface area contributed by atoms with Gasteiger partial charge in [-0.3, -0.25) is 0 Å². The third-order valence-electron chi connectivity index (χ3n) is 2.31. The fourth-order valence-corrected chi connectivity index (χ4v) is 2.09. The van der Waals surface area contributed by atoms with E-state index in [0.29, 0.717) is 6.54 Å². The van der Waals surface area contributed by atoms with E-state index in [1.807, 2.05) is 6.92 Å². The largest absolute Gasteiger partial charge is 0.480 e. The molecule has 0 unspecified atom stereocenters. The van der Waals surface area contributed by atoms with E-state index in [2.05, 4.69) is 15.6 Å². The number of urea groups is 1. The van der Waals surface area contributed by atoms with Crippen molar-refractivity contribution in [2.45, 2.75) is 33.4 Å². The lowest BCUT2D eigenvalue weighted by Gasteiger charge is -2.17. The highest BCUT2D eigenvalue weighted by molar-refractivity contribution is 7.11. The number of carboxylic acids is 1. The number of nitrogens with zero attached hydrogens (tertiary/aromatic N) is 1. The average molecular weight is 271 g/mol. The van der Waals surface area contributed by atoms with Crippen molar-refractivity contribution in [1.82, 2.24) is 15.6 Å². The van der Waals surface area contributed by atoms with Crippen LogP contribution in [0.1, 0.15) is 23.7 Å². The number of nitrogens with one attached hydrogen (secondary N) is 2. The predicted octanol–water partition coefficient (Wildman–Crippen LogP) is 1.36. The van der Waals surface area contributed by atoms with E-state index in [9.17, 15) is 9.59 Å². The van der Waals surface area contributed by atoms with Gasteiger partial charge in [0.1, 0.15) is 6.04 Å². The van der Waals surface area contributed by atoms with E-state index in [0.717, 1.165) is 9.88 Å². The Labute approximate surface area is 109 Å². The number of aromatic nitrogens is 1. The molecule has 3 N–H and O–H groups in total. The molecule has 0 saturated heterocycles. The highest BCUT2D eigenvalue weighted by Crippen LogP contribution is 2.10. The Bertz CT molecular complexity index is 431. The monoisotopic (exact) mass is 271 g/mol. The zero-order valence-electron chi connectivity index (χ0n) is 10.6. The maximum atomic E-state index is 11.5. The van der Waals surface area contributed by atoms with Gasteiger partial charge in [0.25, 0.3) is 0 Å². The summed E-state index contributed by atoms with van der Waals surface area (Å²) in [4.78, 5) is 27.4. The lowest BCUT2D eigenvalue weighted by molar-refractivity contribution is -0.140. The molecule has 0 spiro atoms. The molecule has 100 valence electrons. The standard InChI is InChI=1S/C11H17N3O3S/c1-6(2)9(10(15)16)14-11(17)13-5-8-4-12-7(3)18-8/h4,6,9H,5H2,1-3H3,(H,15,16)(H2,13,14,17)/t9-/m0/s1. The third-order valence-corrected chi connectivity index (χ3v) is 3.22. The first-order chi connectivity index (χ1) is 8.40. The second-order valence-corrected chi connectivity index (χ2v) is 5.55. The van der Waals surface area contributed by atoms with Crippen LogP contribution in [0.15, 0.2) is 6.20 Å². The van der Waals surface area contributed by atoms with Gasteiger partial charge in [0.05, 0.1) is 11.6 Å². The summed E-state index contributed by atoms with van der Waals surface area (Å²) < 4.78 is 0. The topological polar surface area (TPSA) is 91.3 Å². The number of carbonyl (C=O) groups excluding carboxylic acids is 1. The number of hydrogen-bond donors (Lipinski definition) is 3. The quantitative estimate of drug-likeness (QED) is 0.754. The zero-order chi connectivity index (χ0) is 13.7. The van der Waals surface area contributed by atoms with Crippen LogP contribution in [0.5, 0.6) is 0 Å². The molecule has 0 saturated carbocycles. The van der Waals surface area contributed by atoms with Gasteiger partial charge in [-0.1, -0.05) is 13.8 Å². The lowest BCUT2D eigenvalue weighted by Crippen LogP contribution is -2.48. The second-order valence-electron chi connectivity index (χ2n) is 4.23. The van der Waals surface area contributed by atoms with Crippen LogP contribution in [-0.4, -0.2) is 28.1 Å². The van der Waals surface area contributed by atoms with Crippen molar-refractivity contribution in [3.05, 3.63) is 16.1 Å². The first kappa shape index (κ1) is 14.4. The van der Waals surface area contributed by atoms with E-state index < -0.39 is 18.0 Å². The first-order valence-corrected chi connectivity index (χ1v) is 6.40. The second kappa shape index (κ2) is 6.34. The van der Waals surface area contributed by atoms with Crippen molar-refractivity contribution in [1.29, 1.82) is 0 Å². The van der Waals surface area contributed by atoms with Crippen LogP contribution in [0.4, 0.5) is 4.79 Å². The summed E-state index contributed by atoms with van der Waals surface area (Å²) in [5, 5.41) is 14.9. The van der Waals surface area contributed by atoms with E-state index >= 15 is 0 Å². The number of hydrogen-bond acceptors (Lipinski definition) is 4. The van der Waals surface area contributed by atoms with Crippen LogP contribution >= 0.6 is 11.3 Å². The molecule has 0 fully saturated rings. The minimum Gasteiger partial charge on any atom is -0.480 e. The van der Waals surface area contributed by atoms with Crippen molar-refractivity contribution in [3.63, 3.8) is 0 Å². The smallest absolute Gasteiger partial charge is 0.326 e. The maximum Gasteiger partial charge on any atom is 0.326 e. The Morgan fingerprint density at radius 3 is 2.61 bits per heavy atom. The molecule has 7 heteroatoms. The van der Waals surface area contributed by atoms with E-state index in [1.165, 1.54) is 11.3 Å². The molecule has 0 aliphatic carbocycles. The average Bonchev–Trinajstić information content (AvgIpc) is 2.68. The van der Waals surface area contributed by atoms with Gasteiger partial charge in [-0.25, -0.2) is 14.6 Å². The van der Waals surface area contributed by atoms with Crippen LogP contribution in [0.25, 0.3) is 0 Å². The summed E-state index contributed by atoms with van der Waals surface area (Å²) in [5.74, 6) is -1.20. The van der Waals surface area contributed by atoms with Gasteiger partial charge < -0.3 is 15.7 Å². The van der Waals surface area contributed by atoms with Crippen LogP contribution in [0, 0.1) is 12.8 Å². The lowest BCUT2D eigenvalue weighted by atomic mass is 10.1. The zero-order valence-corrected chi connectivity index (χ0v) is 11.4. The summed E-state index contributed by atoms with van der Waals surface area (Å²) in [6.07, 6.45) is 1.69. The minimum absolute atomic E-state index is 0.168. The number of aryl methyl sites for hydroxylation is 1. The number of carbonyl (C=O) groups is 2. The molecule has 0 radical (unpaired) electrons. The summed E-state index contributed by atoms with van der Waals surface area (Å²) in [5.41, 5.74) is 0. The Balaban J connectivity index is 2.43. The summed E-state index contributed by atoms with van der Waals surface area (Å²) >= 11 is 1.49. The van der Waals surface area contributed by atoms with Gasteiger partial charge in [0.15, 0.2) is 0 Å². The number of rotatable bonds is 5. The predicted molar refractivity (Wildman–Crippen MR) is 68.5 cm³/mol. The molecule has 0 aromatic carbocycles. The van der Waals surface area contributed by atoms with Gasteiger partial charge >= 0.3 is 12.0 Å². The van der Waals surface area contributed by atoms with Crippen LogP contribution in [0.2, 0.25) is 0 Å². The maximum absolute atomic E-state index is 11.5. The molecular weight excluding hydrogens is 254 g/mol. The molecular formula is C11H17N3O3S. The Morgan fingerprint density at radius 2 is 2.17 bits per heavy atom. The van der Waals surface area contributed by atoms with Crippen molar-refractivity contribution in [2.75, 3.05) is 0 Å². The molecule has 0 bridgehead atoms. The molecule has 1 aromatic heterocycles. The van der Waals surface area contributed by atoms with Crippen LogP contribution < -0.4 is 10.6 Å². The van der Waals surface area contributed by atoms with Crippen molar-refractivity contribution in [2.24, 2.45) is 5.92 Å². The van der Waals surface area contributed by atoms with Gasteiger partial charge in [-0.05, 0) is 12.8 Å².